The van der Waals surface area contributed by atoms with Gasteiger partial charge >= 0.3 is 23.9 Å². The number of pyridine rings is 1. The molecule has 0 saturated carbocycles. The Morgan fingerprint density at radius 3 is 2.18 bits per heavy atom. The lowest BCUT2D eigenvalue weighted by molar-refractivity contribution is -0.235. The molecule has 2 saturated heterocycles. The highest BCUT2D eigenvalue weighted by atomic mass is 32.2. The van der Waals surface area contributed by atoms with Crippen molar-refractivity contribution in [3.63, 3.8) is 0 Å². The molecule has 0 spiro atoms. The molecule has 15 heteroatoms. The summed E-state index contributed by atoms with van der Waals surface area (Å²) in [5, 5.41) is -0.603. The van der Waals surface area contributed by atoms with Gasteiger partial charge in [-0.05, 0) is 64.7 Å². The van der Waals surface area contributed by atoms with Gasteiger partial charge < -0.3 is 33.3 Å². The van der Waals surface area contributed by atoms with Gasteiger partial charge in [-0.1, -0.05) is 42.5 Å². The van der Waals surface area contributed by atoms with E-state index in [0.717, 1.165) is 16.7 Å². The number of methoxy groups -OCH3 is 1. The number of amides is 1. The Kier molecular flexibility index (Phi) is 12.7. The summed E-state index contributed by atoms with van der Waals surface area (Å²) in [6.45, 7) is 3.63. The highest BCUT2D eigenvalue weighted by molar-refractivity contribution is 8.00. The zero-order chi connectivity index (χ0) is 39.9. The number of thioether (sulfide) groups is 1. The smallest absolute Gasteiger partial charge is 0.335 e. The van der Waals surface area contributed by atoms with Crippen molar-refractivity contribution in [1.82, 2.24) is 4.98 Å². The number of halogens is 1. The minimum absolute atomic E-state index is 0.170. The van der Waals surface area contributed by atoms with Crippen LogP contribution >= 0.6 is 11.8 Å². The molecular weight excluding hydrogens is 748 g/mol. The molecule has 1 amide bonds. The summed E-state index contributed by atoms with van der Waals surface area (Å²) in [4.78, 5) is 68.3. The van der Waals surface area contributed by atoms with Gasteiger partial charge in [0.05, 0.1) is 13.2 Å². The third-order valence-electron chi connectivity index (χ3n) is 8.91. The fourth-order valence-electron chi connectivity index (χ4n) is 6.39. The lowest BCUT2D eigenvalue weighted by Crippen LogP contribution is -2.57. The van der Waals surface area contributed by atoms with Gasteiger partial charge in [0.15, 0.2) is 12.2 Å². The number of hydrogen-bond donors (Lipinski definition) is 0. The van der Waals surface area contributed by atoms with Gasteiger partial charge in [0.25, 0.3) is 0 Å². The first-order valence-electron chi connectivity index (χ1n) is 17.5. The number of aromatic nitrogens is 1. The van der Waals surface area contributed by atoms with Crippen molar-refractivity contribution in [2.75, 3.05) is 17.8 Å². The number of benzene rings is 3. The molecule has 0 N–H and O–H groups in total. The predicted octanol–water partition coefficient (Wildman–Crippen LogP) is 5.73. The van der Waals surface area contributed by atoms with Crippen molar-refractivity contribution < 1.29 is 56.8 Å². The third kappa shape index (κ3) is 9.34. The largest absolute Gasteiger partial charge is 0.467 e. The minimum atomic E-state index is -1.39. The van der Waals surface area contributed by atoms with Crippen molar-refractivity contribution in [2.24, 2.45) is 0 Å². The second kappa shape index (κ2) is 17.8. The molecule has 3 aromatic carbocycles. The van der Waals surface area contributed by atoms with E-state index < -0.39 is 71.7 Å². The van der Waals surface area contributed by atoms with E-state index in [9.17, 15) is 28.4 Å². The maximum absolute atomic E-state index is 14.0. The summed E-state index contributed by atoms with van der Waals surface area (Å²) in [6.07, 6.45) is -1.19. The molecule has 2 fully saturated rings. The first-order valence-corrected chi connectivity index (χ1v) is 18.5. The lowest BCUT2D eigenvalue weighted by atomic mass is 9.92. The summed E-state index contributed by atoms with van der Waals surface area (Å²) in [6, 6.07) is 23.3. The van der Waals surface area contributed by atoms with E-state index >= 15 is 0 Å². The van der Waals surface area contributed by atoms with Crippen molar-refractivity contribution in [2.45, 2.75) is 62.8 Å². The number of carbonyl (C=O) groups excluding carboxylic acids is 5. The van der Waals surface area contributed by atoms with Gasteiger partial charge in [-0.2, -0.15) is 0 Å². The highest BCUT2D eigenvalue weighted by Gasteiger charge is 2.50. The average Bonchev–Trinajstić information content (AvgIpc) is 3.18. The van der Waals surface area contributed by atoms with Crippen LogP contribution < -0.4 is 9.64 Å². The molecule has 56 heavy (non-hydrogen) atoms. The van der Waals surface area contributed by atoms with Crippen molar-refractivity contribution in [1.29, 1.82) is 0 Å². The van der Waals surface area contributed by atoms with Crippen LogP contribution in [-0.2, 0) is 47.7 Å². The van der Waals surface area contributed by atoms with Crippen molar-refractivity contribution in [3.8, 4) is 16.9 Å². The van der Waals surface area contributed by atoms with Crippen LogP contribution in [0.1, 0.15) is 44.0 Å². The van der Waals surface area contributed by atoms with Crippen LogP contribution in [-0.4, -0.2) is 77.5 Å². The molecule has 0 bridgehead atoms. The molecular formula is C41H38FN2O11S. The van der Waals surface area contributed by atoms with E-state index in [1.165, 1.54) is 58.2 Å². The van der Waals surface area contributed by atoms with Crippen LogP contribution in [0.25, 0.3) is 11.1 Å². The van der Waals surface area contributed by atoms with Gasteiger partial charge in [0.2, 0.25) is 18.3 Å². The Labute approximate surface area is 326 Å². The normalized spacial score (nSPS) is 22.2. The number of esters is 4. The number of rotatable bonds is 13. The quantitative estimate of drug-likeness (QED) is 0.0922. The Bertz CT molecular complexity index is 2030. The topological polar surface area (TPSA) is 157 Å². The number of nitrogens with zero attached hydrogens (tertiary/aromatic N) is 2. The highest BCUT2D eigenvalue weighted by Crippen LogP contribution is 2.47. The van der Waals surface area contributed by atoms with Gasteiger partial charge in [-0.3, -0.25) is 24.2 Å². The first kappa shape index (κ1) is 39.9. The second-order valence-corrected chi connectivity index (χ2v) is 14.0. The Morgan fingerprint density at radius 2 is 1.57 bits per heavy atom. The summed E-state index contributed by atoms with van der Waals surface area (Å²) < 4.78 is 46.8. The molecule has 291 valence electrons. The van der Waals surface area contributed by atoms with Crippen LogP contribution in [0, 0.1) is 12.2 Å². The molecule has 6 rings (SSSR count). The van der Waals surface area contributed by atoms with E-state index in [1.807, 2.05) is 36.4 Å². The average molecular weight is 786 g/mol. The number of ether oxygens (including phenoxy) is 6. The molecule has 0 unspecified atom stereocenters. The standard InChI is InChI=1S/C41H38FN2O11S/c1-23(45)51-33-20-34(40(49)50-4)55-41(37(33)53-25(3)47)54-32-17-11-28(12-18-32)36-38(56-22-35(52-24(2)46)27-7-13-30(42)14-8-27)39(48)44(36)31-15-9-26(10-16-31)29-6-5-19-43-21-29/h5-21,33-38,41H,22H2,1-4H3/t33-,34-,35+,36+,37+,38+,41+/m0/s1. The maximum Gasteiger partial charge on any atom is 0.335 e. The molecule has 3 heterocycles. The predicted molar refractivity (Wildman–Crippen MR) is 200 cm³/mol. The van der Waals surface area contributed by atoms with E-state index in [2.05, 4.69) is 4.98 Å². The summed E-state index contributed by atoms with van der Waals surface area (Å²) >= 11 is 1.31. The van der Waals surface area contributed by atoms with Crippen LogP contribution in [0.2, 0.25) is 0 Å². The Morgan fingerprint density at radius 1 is 0.875 bits per heavy atom. The van der Waals surface area contributed by atoms with Gasteiger partial charge in [-0.25, -0.2) is 9.18 Å². The molecule has 2 aliphatic heterocycles. The van der Waals surface area contributed by atoms with Gasteiger partial charge in [0.1, 0.15) is 22.9 Å². The number of anilines is 1. The fourth-order valence-corrected chi connectivity index (χ4v) is 7.75. The molecule has 13 nitrogen and oxygen atoms in total. The van der Waals surface area contributed by atoms with Crippen LogP contribution in [0.4, 0.5) is 10.1 Å². The monoisotopic (exact) mass is 785 g/mol. The summed E-state index contributed by atoms with van der Waals surface area (Å²) in [5.41, 5.74) is 3.81. The third-order valence-corrected chi connectivity index (χ3v) is 10.2. The Hall–Kier alpha value is -5.80. The van der Waals surface area contributed by atoms with Gasteiger partial charge in [0, 0.05) is 51.0 Å². The van der Waals surface area contributed by atoms with E-state index in [0.29, 0.717) is 11.3 Å². The molecule has 1 aromatic heterocycles. The molecule has 1 radical (unpaired) electrons. The Balaban J connectivity index is 1.27. The summed E-state index contributed by atoms with van der Waals surface area (Å²) in [5.74, 6) is -2.83. The summed E-state index contributed by atoms with van der Waals surface area (Å²) in [7, 11) is 1.17. The SMILES string of the molecule is COC(=O)[C@@H]1[CH][C@H](OC(C)=O)[C@@H](OC(C)=O)[C@H](Oc2ccc([C@@H]3[C@@H](SC[C@@H](OC(C)=O)c4ccc(F)cc4)C(=O)N3c3ccc(-c4cccnc4)cc3)cc2)O1. The van der Waals surface area contributed by atoms with E-state index in [1.54, 1.807) is 53.7 Å². The van der Waals surface area contributed by atoms with Crippen LogP contribution in [0.3, 0.4) is 0 Å². The zero-order valence-corrected chi connectivity index (χ0v) is 31.6. The molecule has 4 aromatic rings. The van der Waals surface area contributed by atoms with Crippen molar-refractivity contribution in [3.05, 3.63) is 121 Å². The number of carbonyl (C=O) groups is 5. The zero-order valence-electron chi connectivity index (χ0n) is 30.7. The van der Waals surface area contributed by atoms with Gasteiger partial charge in [-0.15, -0.1) is 11.8 Å². The fraction of sp³-hybridized carbons (Fsp3) is 0.293. The first-order chi connectivity index (χ1) is 26.9. The minimum Gasteiger partial charge on any atom is -0.467 e. The number of β-lactam (4-membered cyclic amide) rings is 1. The molecule has 0 aliphatic carbocycles. The lowest BCUT2D eigenvalue weighted by Gasteiger charge is -2.47. The van der Waals surface area contributed by atoms with Crippen LogP contribution in [0.5, 0.6) is 5.75 Å². The maximum atomic E-state index is 14.0. The van der Waals surface area contributed by atoms with E-state index in [4.69, 9.17) is 28.4 Å². The van der Waals surface area contributed by atoms with Crippen LogP contribution in [0.15, 0.2) is 97.3 Å². The van der Waals surface area contributed by atoms with E-state index in [-0.39, 0.29) is 17.4 Å². The second-order valence-electron chi connectivity index (χ2n) is 12.8. The molecule has 7 atom stereocenters. The number of hydrogen-bond acceptors (Lipinski definition) is 13. The van der Waals surface area contributed by atoms with Crippen molar-refractivity contribution >= 4 is 47.2 Å². The molecule has 2 aliphatic rings.